The quantitative estimate of drug-likeness (QED) is 0.234. The fraction of sp³-hybridized carbons (Fsp3) is 0.636. The molecule has 35 heavy (non-hydrogen) atoms. The van der Waals surface area contributed by atoms with E-state index in [4.69, 9.17) is 23.9 Å². The molecule has 0 unspecified atom stereocenters. The highest BCUT2D eigenvalue weighted by Gasteiger charge is 2.51. The maximum atomic E-state index is 12.0. The maximum absolute atomic E-state index is 12.0. The Morgan fingerprint density at radius 2 is 1.71 bits per heavy atom. The predicted octanol–water partition coefficient (Wildman–Crippen LogP) is 1.86. The van der Waals surface area contributed by atoms with Crippen molar-refractivity contribution in [2.24, 2.45) is 0 Å². The Bertz CT molecular complexity index is 1100. The zero-order valence-electron chi connectivity index (χ0n) is 20.1. The molecule has 0 saturated carbocycles. The highest BCUT2D eigenvalue weighted by molar-refractivity contribution is 7.98. The van der Waals surface area contributed by atoms with Crippen molar-refractivity contribution in [3.63, 3.8) is 0 Å². The van der Waals surface area contributed by atoms with E-state index in [9.17, 15) is 14.4 Å². The predicted molar refractivity (Wildman–Crippen MR) is 125 cm³/mol. The number of ether oxygens (including phenoxy) is 4. The van der Waals surface area contributed by atoms with Gasteiger partial charge in [0.2, 0.25) is 0 Å². The van der Waals surface area contributed by atoms with E-state index in [0.29, 0.717) is 16.3 Å². The molecule has 4 atom stereocenters. The van der Waals surface area contributed by atoms with Crippen molar-refractivity contribution in [3.8, 4) is 0 Å². The van der Waals surface area contributed by atoms with Gasteiger partial charge in [-0.2, -0.15) is 0 Å². The number of rotatable bonds is 7. The summed E-state index contributed by atoms with van der Waals surface area (Å²) in [7, 11) is 0. The molecule has 0 aromatic carbocycles. The molecule has 2 aliphatic heterocycles. The lowest BCUT2D eigenvalue weighted by Crippen LogP contribution is -2.40. The van der Waals surface area contributed by atoms with Crippen molar-refractivity contribution in [1.82, 2.24) is 19.5 Å². The molecular weight excluding hydrogens is 478 g/mol. The summed E-state index contributed by atoms with van der Waals surface area (Å²) in [6.45, 7) is 5.34. The summed E-state index contributed by atoms with van der Waals surface area (Å²) in [4.78, 5) is 51.4. The Kier molecular flexibility index (Phi) is 7.75. The van der Waals surface area contributed by atoms with Gasteiger partial charge < -0.3 is 23.8 Å². The number of hydrogen-bond acceptors (Lipinski definition) is 12. The molecule has 4 heterocycles. The molecule has 2 fully saturated rings. The minimum atomic E-state index is -1.01. The lowest BCUT2D eigenvalue weighted by Gasteiger charge is -2.28. The molecule has 12 nitrogen and oxygen atoms in total. The Morgan fingerprint density at radius 3 is 2.34 bits per heavy atom. The third-order valence-corrected chi connectivity index (χ3v) is 6.38. The van der Waals surface area contributed by atoms with Crippen LogP contribution in [0.15, 0.2) is 11.5 Å². The lowest BCUT2D eigenvalue weighted by atomic mass is 10.1. The van der Waals surface area contributed by atoms with Crippen molar-refractivity contribution in [3.05, 3.63) is 6.33 Å². The molecule has 0 bridgehead atoms. The van der Waals surface area contributed by atoms with E-state index in [2.05, 4.69) is 14.9 Å². The van der Waals surface area contributed by atoms with Crippen LogP contribution in [0.2, 0.25) is 0 Å². The van der Waals surface area contributed by atoms with Gasteiger partial charge in [0, 0.05) is 33.9 Å². The third-order valence-electron chi connectivity index (χ3n) is 5.84. The molecule has 0 N–H and O–H groups in total. The van der Waals surface area contributed by atoms with Gasteiger partial charge in [-0.25, -0.2) is 15.0 Å². The molecule has 0 radical (unpaired) electrons. The first-order valence-electron chi connectivity index (χ1n) is 11.4. The first-order valence-corrected chi connectivity index (χ1v) is 12.7. The van der Waals surface area contributed by atoms with Crippen LogP contribution in [0.1, 0.15) is 46.3 Å². The van der Waals surface area contributed by atoms with Gasteiger partial charge in [0.05, 0.1) is 6.33 Å². The summed E-state index contributed by atoms with van der Waals surface area (Å²) in [5.74, 6) is -0.932. The molecule has 4 rings (SSSR count). The monoisotopic (exact) mass is 507 g/mol. The van der Waals surface area contributed by atoms with Gasteiger partial charge in [0.1, 0.15) is 12.7 Å². The largest absolute Gasteiger partial charge is 0.463 e. The zero-order valence-corrected chi connectivity index (χ0v) is 20.9. The first-order chi connectivity index (χ1) is 16.8. The summed E-state index contributed by atoms with van der Waals surface area (Å²) < 4.78 is 24.0. The SMILES string of the molecule is CSc1nc(N2CCCCC2)c2ncn([C@@H]3O[C@H](COC(C)=O)[C@@H](OC(C)=O)[C@H]3OC(C)=O)c2n1. The minimum absolute atomic E-state index is 0.182. The molecule has 0 amide bonds. The topological polar surface area (TPSA) is 135 Å². The Morgan fingerprint density at radius 1 is 1.03 bits per heavy atom. The number of esters is 3. The van der Waals surface area contributed by atoms with Gasteiger partial charge in [-0.15, -0.1) is 0 Å². The maximum Gasteiger partial charge on any atom is 0.303 e. The van der Waals surface area contributed by atoms with Crippen LogP contribution < -0.4 is 4.90 Å². The van der Waals surface area contributed by atoms with E-state index < -0.39 is 42.4 Å². The number of piperidine rings is 1. The van der Waals surface area contributed by atoms with E-state index in [1.54, 1.807) is 10.9 Å². The van der Waals surface area contributed by atoms with Crippen LogP contribution in [-0.2, 0) is 33.3 Å². The zero-order chi connectivity index (χ0) is 25.1. The van der Waals surface area contributed by atoms with Crippen LogP contribution in [0.5, 0.6) is 0 Å². The fourth-order valence-corrected chi connectivity index (χ4v) is 4.76. The number of fused-ring (bicyclic) bond motifs is 1. The molecule has 13 heteroatoms. The summed E-state index contributed by atoms with van der Waals surface area (Å²) in [6.07, 6.45) is 2.97. The molecule has 2 saturated heterocycles. The molecule has 2 aromatic heterocycles. The van der Waals surface area contributed by atoms with Gasteiger partial charge in [0.25, 0.3) is 0 Å². The number of carbonyl (C=O) groups excluding carboxylic acids is 3. The molecule has 190 valence electrons. The second kappa shape index (κ2) is 10.8. The van der Waals surface area contributed by atoms with E-state index in [0.717, 1.165) is 31.7 Å². The van der Waals surface area contributed by atoms with Crippen LogP contribution in [0.25, 0.3) is 11.2 Å². The molecule has 0 spiro atoms. The Balaban J connectivity index is 1.77. The van der Waals surface area contributed by atoms with Crippen LogP contribution in [0.4, 0.5) is 5.82 Å². The van der Waals surface area contributed by atoms with E-state index in [1.165, 1.54) is 39.0 Å². The number of aromatic nitrogens is 4. The molecule has 2 aromatic rings. The molecule has 2 aliphatic rings. The van der Waals surface area contributed by atoms with Crippen molar-refractivity contribution in [1.29, 1.82) is 0 Å². The normalized spacial score (nSPS) is 24.4. The summed E-state index contributed by atoms with van der Waals surface area (Å²) in [5.41, 5.74) is 1.10. The van der Waals surface area contributed by atoms with Gasteiger partial charge in [-0.05, 0) is 25.5 Å². The van der Waals surface area contributed by atoms with Crippen LogP contribution >= 0.6 is 11.8 Å². The number of anilines is 1. The van der Waals surface area contributed by atoms with Crippen LogP contribution in [-0.4, -0.2) is 81.7 Å². The van der Waals surface area contributed by atoms with E-state index >= 15 is 0 Å². The number of carbonyl (C=O) groups is 3. The lowest BCUT2D eigenvalue weighted by molar-refractivity contribution is -0.166. The average Bonchev–Trinajstić information content (AvgIpc) is 3.38. The smallest absolute Gasteiger partial charge is 0.303 e. The number of nitrogens with zero attached hydrogens (tertiary/aromatic N) is 5. The molecule has 0 aliphatic carbocycles. The Labute approximate surface area is 206 Å². The van der Waals surface area contributed by atoms with Gasteiger partial charge in [-0.1, -0.05) is 11.8 Å². The Hall–Kier alpha value is -2.93. The van der Waals surface area contributed by atoms with E-state index in [1.807, 2.05) is 6.26 Å². The average molecular weight is 508 g/mol. The van der Waals surface area contributed by atoms with Crippen molar-refractivity contribution < 1.29 is 33.3 Å². The van der Waals surface area contributed by atoms with Gasteiger partial charge in [-0.3, -0.25) is 19.0 Å². The minimum Gasteiger partial charge on any atom is -0.463 e. The highest BCUT2D eigenvalue weighted by atomic mass is 32.2. The highest BCUT2D eigenvalue weighted by Crippen LogP contribution is 2.37. The second-order valence-corrected chi connectivity index (χ2v) is 9.19. The van der Waals surface area contributed by atoms with Crippen LogP contribution in [0, 0.1) is 0 Å². The first kappa shape index (κ1) is 25.2. The summed E-state index contributed by atoms with van der Waals surface area (Å²) in [5, 5.41) is 0.565. The number of thioether (sulfide) groups is 1. The summed E-state index contributed by atoms with van der Waals surface area (Å²) in [6, 6.07) is 0. The standard InChI is InChI=1S/C22H29N5O7S/c1-12(28)31-10-15-17(32-13(2)29)18(33-14(3)30)21(34-15)27-11-23-16-19(26-8-6-5-7-9-26)24-22(35-4)25-20(16)27/h11,15,17-18,21H,5-10H2,1-4H3/t15-,17-,18-,21-/m1/s1. The third kappa shape index (κ3) is 5.50. The van der Waals surface area contributed by atoms with Crippen molar-refractivity contribution in [2.75, 3.05) is 30.9 Å². The van der Waals surface area contributed by atoms with Crippen molar-refractivity contribution >= 4 is 46.7 Å². The number of hydrogen-bond donors (Lipinski definition) is 0. The summed E-state index contributed by atoms with van der Waals surface area (Å²) >= 11 is 1.41. The van der Waals surface area contributed by atoms with Gasteiger partial charge in [0.15, 0.2) is 40.6 Å². The van der Waals surface area contributed by atoms with E-state index in [-0.39, 0.29) is 6.61 Å². The molecular formula is C22H29N5O7S. The van der Waals surface area contributed by atoms with Gasteiger partial charge >= 0.3 is 17.9 Å². The number of imidazole rings is 1. The van der Waals surface area contributed by atoms with Crippen LogP contribution in [0.3, 0.4) is 0 Å². The fourth-order valence-electron chi connectivity index (χ4n) is 4.40. The second-order valence-electron chi connectivity index (χ2n) is 8.42. The van der Waals surface area contributed by atoms with Crippen molar-refractivity contribution in [2.45, 2.75) is 69.7 Å².